The molecule has 4 saturated carbocycles. The van der Waals surface area contributed by atoms with Crippen molar-refractivity contribution in [3.05, 3.63) is 0 Å². The van der Waals surface area contributed by atoms with E-state index in [1.54, 1.807) is 7.11 Å². The lowest BCUT2D eigenvalue weighted by molar-refractivity contribution is -0.372. The van der Waals surface area contributed by atoms with Crippen LogP contribution in [0.2, 0.25) is 0 Å². The predicted molar refractivity (Wildman–Crippen MR) is 271 cm³/mol. The molecule has 10 rings (SSSR count). The molecular formula is C55H92O26. The maximum absolute atomic E-state index is 11.3. The molecule has 4 aliphatic carbocycles. The summed E-state index contributed by atoms with van der Waals surface area (Å²) in [6.45, 7) is 8.62. The minimum atomic E-state index is -1.77. The molecule has 0 aromatic heterocycles. The Bertz CT molecular complexity index is 2070. The van der Waals surface area contributed by atoms with Crippen LogP contribution in [0.1, 0.15) is 98.8 Å². The maximum Gasteiger partial charge on any atom is 0.187 e. The summed E-state index contributed by atoms with van der Waals surface area (Å²) in [5.74, 6) is 1.29. The molecule has 10 aliphatic rings. The highest BCUT2D eigenvalue weighted by atomic mass is 16.8. The Morgan fingerprint density at radius 1 is 0.568 bits per heavy atom. The maximum atomic E-state index is 11.3. The molecule has 0 aromatic carbocycles. The lowest BCUT2D eigenvalue weighted by atomic mass is 9.44. The molecule has 6 aliphatic heterocycles. The Kier molecular flexibility index (Phi) is 19.3. The summed E-state index contributed by atoms with van der Waals surface area (Å²) in [7, 11) is 1.69. The molecule has 0 radical (unpaired) electrons. The van der Waals surface area contributed by atoms with E-state index in [2.05, 4.69) is 20.8 Å². The van der Waals surface area contributed by atoms with Gasteiger partial charge in [0, 0.05) is 19.4 Å². The lowest BCUT2D eigenvalue weighted by Gasteiger charge is -2.61. The van der Waals surface area contributed by atoms with Crippen molar-refractivity contribution in [2.24, 2.45) is 46.3 Å². The summed E-state index contributed by atoms with van der Waals surface area (Å²) in [5.41, 5.74) is 0.0701. The molecule has 0 bridgehead atoms. The smallest absolute Gasteiger partial charge is 0.187 e. The van der Waals surface area contributed by atoms with Crippen LogP contribution in [-0.2, 0) is 56.8 Å². The van der Waals surface area contributed by atoms with Gasteiger partial charge in [0.1, 0.15) is 104 Å². The van der Waals surface area contributed by atoms with E-state index in [1.807, 2.05) is 6.92 Å². The summed E-state index contributed by atoms with van der Waals surface area (Å²) < 4.78 is 71.9. The molecule has 468 valence electrons. The summed E-state index contributed by atoms with van der Waals surface area (Å²) >= 11 is 0. The normalized spacial score (nSPS) is 56.1. The first kappa shape index (κ1) is 63.0. The van der Waals surface area contributed by atoms with Crippen LogP contribution >= 0.6 is 0 Å². The highest BCUT2D eigenvalue weighted by molar-refractivity contribution is 5.15. The van der Waals surface area contributed by atoms with E-state index in [4.69, 9.17) is 56.8 Å². The first-order chi connectivity index (χ1) is 38.4. The monoisotopic (exact) mass is 1170 g/mol. The summed E-state index contributed by atoms with van der Waals surface area (Å²) in [6.07, 6.45) is -26.6. The summed E-state index contributed by atoms with van der Waals surface area (Å²) in [5, 5.41) is 148. The van der Waals surface area contributed by atoms with Crippen molar-refractivity contribution in [3.8, 4) is 0 Å². The number of rotatable bonds is 16. The number of aliphatic hydroxyl groups is 14. The number of aliphatic hydroxyl groups excluding tert-OH is 14. The highest BCUT2D eigenvalue weighted by Crippen LogP contribution is 2.71. The quantitative estimate of drug-likeness (QED) is 0.0669. The van der Waals surface area contributed by atoms with E-state index in [9.17, 15) is 71.5 Å². The van der Waals surface area contributed by atoms with Gasteiger partial charge in [0.25, 0.3) is 0 Å². The van der Waals surface area contributed by atoms with Crippen LogP contribution < -0.4 is 0 Å². The first-order valence-corrected chi connectivity index (χ1v) is 29.5. The molecule has 14 N–H and O–H groups in total. The lowest BCUT2D eigenvalue weighted by Crippen LogP contribution is -2.64. The fourth-order valence-corrected chi connectivity index (χ4v) is 16.6. The standard InChI is InChI=1S/C55H92O26/c1-21(74-50-43(67)39(63)37(61)32(17-56)77-50)9-14-55(70-6)22(2)34-31(81-55)16-28-26-8-7-24-15-25(10-12-53(24,4)27(26)11-13-54(28,34)5)76-51-44(68)40(64)38(62)33(78-51)20-73-48-45(69)41(65)46(23(3)75-48)79-52-47(36(60)30(58)19-72-52)80-49-42(66)35(59)29(57)18-71-49/h21-52,56-69H,7-20H2,1-6H3/t21?,22?,23-,24?,25?,26?,27?,28?,29+,30+,31?,32+,33+,34?,35-,36-,37+,38+,39-,40-,41-,42+,43+,44+,45+,46-,47+,48+,49-,50+,51+,52-,53?,54?,55?/m0/s1. The van der Waals surface area contributed by atoms with Gasteiger partial charge >= 0.3 is 0 Å². The van der Waals surface area contributed by atoms with Gasteiger partial charge in [-0.05, 0) is 112 Å². The van der Waals surface area contributed by atoms with Gasteiger partial charge in [-0.3, -0.25) is 0 Å². The van der Waals surface area contributed by atoms with Crippen molar-refractivity contribution in [1.29, 1.82) is 0 Å². The predicted octanol–water partition coefficient (Wildman–Crippen LogP) is -3.42. The zero-order chi connectivity index (χ0) is 58.4. The zero-order valence-corrected chi connectivity index (χ0v) is 47.0. The van der Waals surface area contributed by atoms with Crippen molar-refractivity contribution in [1.82, 2.24) is 0 Å². The van der Waals surface area contributed by atoms with E-state index in [0.29, 0.717) is 42.9 Å². The van der Waals surface area contributed by atoms with Gasteiger partial charge in [0.05, 0.1) is 50.8 Å². The molecule has 6 heterocycles. The average molecular weight is 1170 g/mol. The van der Waals surface area contributed by atoms with Gasteiger partial charge in [-0.25, -0.2) is 0 Å². The van der Waals surface area contributed by atoms with Gasteiger partial charge in [-0.15, -0.1) is 0 Å². The highest BCUT2D eigenvalue weighted by Gasteiger charge is 2.69. The molecule has 12 unspecified atom stereocenters. The van der Waals surface area contributed by atoms with Crippen LogP contribution in [0.4, 0.5) is 0 Å². The molecule has 0 amide bonds. The number of hydrogen-bond acceptors (Lipinski definition) is 26. The van der Waals surface area contributed by atoms with Crippen LogP contribution in [0, 0.1) is 46.3 Å². The van der Waals surface area contributed by atoms with Crippen molar-refractivity contribution in [3.63, 3.8) is 0 Å². The topological polar surface area (TPSA) is 394 Å². The SMILES string of the molecule is COC1(CCC(C)O[C@@H]2O[C@H](CO)[C@@H](O)[C@H](O)[C@H]2O)OC2CC3C4CCC5CC(O[C@@H]6O[C@H](CO[C@@H]7O[C@@H](C)[C@H](O[C@@H]8OC[C@@H](O)[C@H](O)[C@H]8O[C@@H]8OC[C@@H](O)[C@H](O)[C@H]8O)[C@@H](O)[C@H]7O)[C@@H](O)[C@H](O)[C@H]6O)CCC5(C)C4CCC3(C)C2C1C. The Labute approximate surface area is 471 Å². The number of hydrogen-bond donors (Lipinski definition) is 14. The van der Waals surface area contributed by atoms with Crippen LogP contribution in [-0.4, -0.2) is 270 Å². The third kappa shape index (κ3) is 11.6. The molecule has 6 saturated heterocycles. The van der Waals surface area contributed by atoms with Gasteiger partial charge in [-0.1, -0.05) is 20.8 Å². The van der Waals surface area contributed by atoms with Gasteiger partial charge in [-0.2, -0.15) is 0 Å². The number of ether oxygens (including phenoxy) is 12. The molecule has 26 heteroatoms. The van der Waals surface area contributed by atoms with E-state index in [1.165, 1.54) is 6.92 Å². The Hall–Kier alpha value is -1.04. The number of fused-ring (bicyclic) bond motifs is 7. The second-order valence-electron chi connectivity index (χ2n) is 25.9. The van der Waals surface area contributed by atoms with Gasteiger partial charge < -0.3 is 128 Å². The van der Waals surface area contributed by atoms with Crippen LogP contribution in [0.15, 0.2) is 0 Å². The molecule has 81 heavy (non-hydrogen) atoms. The molecule has 0 aromatic rings. The Balaban J connectivity index is 0.708. The summed E-state index contributed by atoms with van der Waals surface area (Å²) in [6, 6.07) is 0. The molecular weight excluding hydrogens is 1080 g/mol. The van der Waals surface area contributed by atoms with Crippen LogP contribution in [0.5, 0.6) is 0 Å². The first-order valence-electron chi connectivity index (χ1n) is 29.5. The number of methoxy groups -OCH3 is 1. The van der Waals surface area contributed by atoms with Crippen LogP contribution in [0.25, 0.3) is 0 Å². The fourth-order valence-electron chi connectivity index (χ4n) is 16.6. The van der Waals surface area contributed by atoms with E-state index < -0.39 is 180 Å². The molecule has 0 spiro atoms. The summed E-state index contributed by atoms with van der Waals surface area (Å²) in [4.78, 5) is 0. The largest absolute Gasteiger partial charge is 0.394 e. The van der Waals surface area contributed by atoms with Crippen molar-refractivity contribution in [2.75, 3.05) is 33.5 Å². The van der Waals surface area contributed by atoms with E-state index >= 15 is 0 Å². The Morgan fingerprint density at radius 2 is 1.19 bits per heavy atom. The second kappa shape index (κ2) is 24.9. The van der Waals surface area contributed by atoms with E-state index in [0.717, 1.165) is 44.9 Å². The molecule has 10 fully saturated rings. The average Bonchev–Trinajstić information content (AvgIpc) is 2.51. The second-order valence-corrected chi connectivity index (χ2v) is 25.9. The minimum absolute atomic E-state index is 0.0129. The van der Waals surface area contributed by atoms with Crippen molar-refractivity contribution < 1.29 is 128 Å². The van der Waals surface area contributed by atoms with Gasteiger partial charge in [0.2, 0.25) is 0 Å². The molecule has 26 nitrogen and oxygen atoms in total. The third-order valence-electron chi connectivity index (χ3n) is 21.4. The molecule has 35 atom stereocenters. The third-order valence-corrected chi connectivity index (χ3v) is 21.4. The fraction of sp³-hybridized carbons (Fsp3) is 1.00. The zero-order valence-electron chi connectivity index (χ0n) is 47.0. The Morgan fingerprint density at radius 3 is 1.89 bits per heavy atom. The van der Waals surface area contributed by atoms with Crippen molar-refractivity contribution in [2.45, 2.75) is 264 Å². The van der Waals surface area contributed by atoms with Gasteiger partial charge in [0.15, 0.2) is 37.2 Å². The minimum Gasteiger partial charge on any atom is -0.394 e. The van der Waals surface area contributed by atoms with E-state index in [-0.39, 0.29) is 34.9 Å². The van der Waals surface area contributed by atoms with Crippen molar-refractivity contribution >= 4 is 0 Å². The van der Waals surface area contributed by atoms with Crippen LogP contribution in [0.3, 0.4) is 0 Å².